The monoisotopic (exact) mass is 386 g/mol. The van der Waals surface area contributed by atoms with Crippen LogP contribution < -0.4 is 10.1 Å². The summed E-state index contributed by atoms with van der Waals surface area (Å²) in [6.07, 6.45) is 3.08. The summed E-state index contributed by atoms with van der Waals surface area (Å²) in [5.41, 5.74) is 1.65. The molecule has 1 aliphatic carbocycles. The zero-order valence-corrected chi connectivity index (χ0v) is 15.5. The first-order valence-corrected chi connectivity index (χ1v) is 9.16. The molecule has 146 valence electrons. The fourth-order valence-electron chi connectivity index (χ4n) is 2.94. The van der Waals surface area contributed by atoms with E-state index < -0.39 is 18.0 Å². The van der Waals surface area contributed by atoms with E-state index in [1.165, 1.54) is 18.2 Å². The van der Waals surface area contributed by atoms with Crippen LogP contribution in [0.25, 0.3) is 5.65 Å². The van der Waals surface area contributed by atoms with Gasteiger partial charge < -0.3 is 14.5 Å². The number of carbonyl (C=O) groups is 1. The summed E-state index contributed by atoms with van der Waals surface area (Å²) >= 11 is 0. The number of imidazole rings is 1. The van der Waals surface area contributed by atoms with Crippen LogP contribution in [-0.2, 0) is 0 Å². The molecule has 4 rings (SSSR count). The van der Waals surface area contributed by atoms with E-state index >= 15 is 0 Å². The molecule has 1 fully saturated rings. The van der Waals surface area contributed by atoms with Crippen LogP contribution in [0.3, 0.4) is 0 Å². The maximum Gasteiger partial charge on any atom is 0.280 e. The summed E-state index contributed by atoms with van der Waals surface area (Å²) in [5, 5.41) is 2.72. The molecule has 0 saturated heterocycles. The molecule has 3 aromatic rings. The third-order valence-corrected chi connectivity index (χ3v) is 4.41. The average molecular weight is 386 g/mol. The van der Waals surface area contributed by atoms with Crippen LogP contribution in [0.15, 0.2) is 36.7 Å². The van der Waals surface area contributed by atoms with Crippen LogP contribution in [0.2, 0.25) is 0 Å². The minimum atomic E-state index is -2.74. The van der Waals surface area contributed by atoms with Gasteiger partial charge in [0.25, 0.3) is 12.3 Å². The van der Waals surface area contributed by atoms with Crippen molar-refractivity contribution < 1.29 is 18.3 Å². The lowest BCUT2D eigenvalue weighted by atomic mass is 10.2. The summed E-state index contributed by atoms with van der Waals surface area (Å²) in [7, 11) is 0. The maximum atomic E-state index is 12.9. The Morgan fingerprint density at radius 1 is 1.25 bits per heavy atom. The van der Waals surface area contributed by atoms with Crippen LogP contribution in [0.1, 0.15) is 60.9 Å². The highest BCUT2D eigenvalue weighted by atomic mass is 19.3. The van der Waals surface area contributed by atoms with E-state index in [0.29, 0.717) is 17.4 Å². The second kappa shape index (κ2) is 7.18. The molecule has 0 bridgehead atoms. The van der Waals surface area contributed by atoms with Crippen LogP contribution in [0.5, 0.6) is 5.75 Å². The summed E-state index contributed by atoms with van der Waals surface area (Å²) in [6, 6.07) is 5.73. The Morgan fingerprint density at radius 3 is 2.71 bits per heavy atom. The third kappa shape index (κ3) is 3.81. The number of rotatable bonds is 6. The molecule has 0 radical (unpaired) electrons. The normalized spacial score (nSPS) is 14.1. The molecule has 0 aromatic carbocycles. The number of halogens is 2. The number of amides is 1. The van der Waals surface area contributed by atoms with E-state index in [1.807, 2.05) is 24.4 Å². The zero-order chi connectivity index (χ0) is 19.8. The molecule has 0 atom stereocenters. The van der Waals surface area contributed by atoms with Crippen molar-refractivity contribution in [2.75, 3.05) is 5.32 Å². The molecule has 3 heterocycles. The van der Waals surface area contributed by atoms with Crippen LogP contribution in [0, 0.1) is 0 Å². The number of aromatic nitrogens is 3. The van der Waals surface area contributed by atoms with E-state index in [0.717, 1.165) is 24.2 Å². The van der Waals surface area contributed by atoms with E-state index in [9.17, 15) is 13.6 Å². The number of hydrogen-bond acceptors (Lipinski definition) is 4. The first kappa shape index (κ1) is 18.3. The molecular formula is C20H20F2N4O2. The molecule has 1 N–H and O–H groups in total. The number of hydrogen-bond donors (Lipinski definition) is 1. The Bertz CT molecular complexity index is 1030. The van der Waals surface area contributed by atoms with Gasteiger partial charge in [-0.1, -0.05) is 6.07 Å². The second-order valence-electron chi connectivity index (χ2n) is 7.13. The number of nitrogens with zero attached hydrogens (tertiary/aromatic N) is 3. The van der Waals surface area contributed by atoms with Crippen molar-refractivity contribution in [1.29, 1.82) is 0 Å². The topological polar surface area (TPSA) is 68.5 Å². The number of pyridine rings is 2. The van der Waals surface area contributed by atoms with Gasteiger partial charge >= 0.3 is 0 Å². The van der Waals surface area contributed by atoms with Crippen molar-refractivity contribution in [1.82, 2.24) is 14.4 Å². The number of ether oxygens (including phenoxy) is 1. The molecule has 1 saturated carbocycles. The summed E-state index contributed by atoms with van der Waals surface area (Å²) < 4.78 is 33.4. The molecule has 3 aromatic heterocycles. The third-order valence-electron chi connectivity index (χ3n) is 4.41. The minimum Gasteiger partial charge on any atom is -0.489 e. The van der Waals surface area contributed by atoms with Gasteiger partial charge in [-0.3, -0.25) is 4.79 Å². The van der Waals surface area contributed by atoms with Gasteiger partial charge in [-0.25, -0.2) is 18.7 Å². The predicted molar refractivity (Wildman–Crippen MR) is 100 cm³/mol. The first-order valence-electron chi connectivity index (χ1n) is 9.16. The average Bonchev–Trinajstić information content (AvgIpc) is 3.42. The van der Waals surface area contributed by atoms with Gasteiger partial charge in [0, 0.05) is 24.4 Å². The van der Waals surface area contributed by atoms with Crippen molar-refractivity contribution in [3.63, 3.8) is 0 Å². The Kier molecular flexibility index (Phi) is 4.70. The summed E-state index contributed by atoms with van der Waals surface area (Å²) in [4.78, 5) is 20.9. The second-order valence-corrected chi connectivity index (χ2v) is 7.13. The van der Waals surface area contributed by atoms with Gasteiger partial charge in [-0.15, -0.1) is 0 Å². The van der Waals surface area contributed by atoms with Gasteiger partial charge in [0.15, 0.2) is 0 Å². The fourth-order valence-corrected chi connectivity index (χ4v) is 2.94. The van der Waals surface area contributed by atoms with Gasteiger partial charge in [-0.2, -0.15) is 0 Å². The standard InChI is InChI=1S/C20H20F2N4O2/c1-11(2)28-17-8-18-24-15(12-6-7-12)9-26(18)10-16(17)25-20(27)14-5-3-4-13(23-14)19(21)22/h3-5,8-12,19H,6-7H2,1-2H3,(H,25,27). The molecule has 28 heavy (non-hydrogen) atoms. The molecule has 0 aliphatic heterocycles. The number of carbonyl (C=O) groups excluding carboxylic acids is 1. The van der Waals surface area contributed by atoms with Gasteiger partial charge in [0.1, 0.15) is 28.5 Å². The Hall–Kier alpha value is -3.03. The van der Waals surface area contributed by atoms with Gasteiger partial charge in [0.05, 0.1) is 11.8 Å². The van der Waals surface area contributed by atoms with Crippen LogP contribution in [-0.4, -0.2) is 26.4 Å². The molecule has 8 heteroatoms. The molecule has 0 spiro atoms. The van der Waals surface area contributed by atoms with Crippen molar-refractivity contribution in [2.45, 2.75) is 45.1 Å². The first-order chi connectivity index (χ1) is 13.4. The van der Waals surface area contributed by atoms with E-state index in [2.05, 4.69) is 15.3 Å². The number of fused-ring (bicyclic) bond motifs is 1. The smallest absolute Gasteiger partial charge is 0.280 e. The lowest BCUT2D eigenvalue weighted by molar-refractivity contribution is 0.101. The van der Waals surface area contributed by atoms with Gasteiger partial charge in [0.2, 0.25) is 0 Å². The Morgan fingerprint density at radius 2 is 2.04 bits per heavy atom. The van der Waals surface area contributed by atoms with Crippen molar-refractivity contribution >= 4 is 17.2 Å². The Labute approximate surface area is 160 Å². The number of nitrogens with one attached hydrogen (secondary N) is 1. The van der Waals surface area contributed by atoms with Crippen molar-refractivity contribution in [3.05, 3.63) is 53.7 Å². The molecule has 6 nitrogen and oxygen atoms in total. The van der Waals surface area contributed by atoms with E-state index in [-0.39, 0.29) is 11.8 Å². The lowest BCUT2D eigenvalue weighted by Crippen LogP contribution is -2.17. The Balaban J connectivity index is 1.67. The SMILES string of the molecule is CC(C)Oc1cc2nc(C3CC3)cn2cc1NC(=O)c1cccc(C(F)F)n1. The maximum absolute atomic E-state index is 12.9. The highest BCUT2D eigenvalue weighted by molar-refractivity contribution is 6.03. The quantitative estimate of drug-likeness (QED) is 0.673. The lowest BCUT2D eigenvalue weighted by Gasteiger charge is -2.15. The van der Waals surface area contributed by atoms with Crippen LogP contribution in [0.4, 0.5) is 14.5 Å². The van der Waals surface area contributed by atoms with Gasteiger partial charge in [-0.05, 0) is 38.8 Å². The number of alkyl halides is 2. The highest BCUT2D eigenvalue weighted by Gasteiger charge is 2.26. The van der Waals surface area contributed by atoms with Crippen molar-refractivity contribution in [2.24, 2.45) is 0 Å². The molecule has 1 aliphatic rings. The molecule has 0 unspecified atom stereocenters. The van der Waals surface area contributed by atoms with E-state index in [4.69, 9.17) is 4.74 Å². The van der Waals surface area contributed by atoms with Crippen molar-refractivity contribution in [3.8, 4) is 5.75 Å². The predicted octanol–water partition coefficient (Wildman–Crippen LogP) is 4.58. The summed E-state index contributed by atoms with van der Waals surface area (Å²) in [6.45, 7) is 3.76. The highest BCUT2D eigenvalue weighted by Crippen LogP contribution is 2.40. The number of anilines is 1. The zero-order valence-electron chi connectivity index (χ0n) is 15.5. The van der Waals surface area contributed by atoms with Crippen LogP contribution >= 0.6 is 0 Å². The largest absolute Gasteiger partial charge is 0.489 e. The molecule has 1 amide bonds. The molecular weight excluding hydrogens is 366 g/mol. The minimum absolute atomic E-state index is 0.0855. The fraction of sp³-hybridized carbons (Fsp3) is 0.350. The summed E-state index contributed by atoms with van der Waals surface area (Å²) in [5.74, 6) is 0.375. The van der Waals surface area contributed by atoms with E-state index in [1.54, 1.807) is 12.3 Å².